The Kier molecular flexibility index (Phi) is 3.67. The van der Waals surface area contributed by atoms with Crippen LogP contribution in [0.3, 0.4) is 0 Å². The minimum Gasteiger partial charge on any atom is -0.346 e. The third-order valence-electron chi connectivity index (χ3n) is 3.95. The van der Waals surface area contributed by atoms with Crippen LogP contribution in [0, 0.1) is 4.64 Å². The van der Waals surface area contributed by atoms with Gasteiger partial charge in [-0.25, -0.2) is 0 Å². The van der Waals surface area contributed by atoms with Gasteiger partial charge in [-0.3, -0.25) is 9.69 Å². The minimum absolute atomic E-state index is 0.0849. The number of anilines is 1. The molecule has 0 aliphatic carbocycles. The number of rotatable bonds is 2. The SMILES string of the molecule is O=C1CSC(c2cc3ccccc3[nH]c2=S)N1c1ccccc1. The van der Waals surface area contributed by atoms with Crippen LogP contribution in [-0.4, -0.2) is 16.6 Å². The average molecular weight is 338 g/mol. The first-order chi connectivity index (χ1) is 11.2. The summed E-state index contributed by atoms with van der Waals surface area (Å²) in [6.07, 6.45) is 0. The zero-order valence-electron chi connectivity index (χ0n) is 12.2. The number of carbonyl (C=O) groups excluding carboxylic acids is 1. The number of amides is 1. The van der Waals surface area contributed by atoms with Crippen molar-refractivity contribution < 1.29 is 4.79 Å². The van der Waals surface area contributed by atoms with Crippen LogP contribution >= 0.6 is 24.0 Å². The lowest BCUT2D eigenvalue weighted by Crippen LogP contribution is -2.28. The molecule has 1 aromatic heterocycles. The Bertz CT molecular complexity index is 936. The predicted molar refractivity (Wildman–Crippen MR) is 98.3 cm³/mol. The summed E-state index contributed by atoms with van der Waals surface area (Å²) in [6, 6.07) is 19.9. The number of hydrogen-bond acceptors (Lipinski definition) is 3. The molecule has 1 N–H and O–H groups in total. The molecule has 4 rings (SSSR count). The molecule has 0 spiro atoms. The van der Waals surface area contributed by atoms with Gasteiger partial charge in [0.25, 0.3) is 0 Å². The van der Waals surface area contributed by atoms with Crippen LogP contribution in [0.5, 0.6) is 0 Å². The summed E-state index contributed by atoms with van der Waals surface area (Å²) < 4.78 is 0.692. The van der Waals surface area contributed by atoms with Gasteiger partial charge in [0.05, 0.1) is 5.75 Å². The molecule has 2 aromatic carbocycles. The lowest BCUT2D eigenvalue weighted by atomic mass is 10.1. The monoisotopic (exact) mass is 338 g/mol. The number of hydrogen-bond donors (Lipinski definition) is 1. The summed E-state index contributed by atoms with van der Waals surface area (Å²) in [5, 5.41) is 1.02. The standard InChI is InChI=1S/C18H14N2OS2/c21-16-11-23-18(20(16)13-7-2-1-3-8-13)14-10-12-6-4-5-9-15(12)19-17(14)22/h1-10,18H,11H2,(H,19,22). The number of benzene rings is 2. The maximum absolute atomic E-state index is 12.4. The lowest BCUT2D eigenvalue weighted by Gasteiger charge is -2.24. The predicted octanol–water partition coefficient (Wildman–Crippen LogP) is 4.68. The second kappa shape index (κ2) is 5.83. The van der Waals surface area contributed by atoms with Gasteiger partial charge in [-0.1, -0.05) is 48.6 Å². The van der Waals surface area contributed by atoms with Crippen LogP contribution in [0.2, 0.25) is 0 Å². The van der Waals surface area contributed by atoms with Gasteiger partial charge in [-0.2, -0.15) is 0 Å². The van der Waals surface area contributed by atoms with E-state index < -0.39 is 0 Å². The second-order valence-electron chi connectivity index (χ2n) is 5.40. The van der Waals surface area contributed by atoms with Gasteiger partial charge in [0.1, 0.15) is 10.0 Å². The molecule has 2 heterocycles. The fourth-order valence-corrected chi connectivity index (χ4v) is 4.42. The van der Waals surface area contributed by atoms with Crippen LogP contribution in [0.15, 0.2) is 60.7 Å². The first-order valence-corrected chi connectivity index (χ1v) is 8.80. The van der Waals surface area contributed by atoms with E-state index in [4.69, 9.17) is 12.2 Å². The first-order valence-electron chi connectivity index (χ1n) is 7.35. The molecule has 1 aliphatic rings. The highest BCUT2D eigenvalue weighted by atomic mass is 32.2. The topological polar surface area (TPSA) is 36.1 Å². The molecule has 1 atom stereocenters. The van der Waals surface area contributed by atoms with Crippen molar-refractivity contribution in [2.75, 3.05) is 10.7 Å². The van der Waals surface area contributed by atoms with E-state index in [1.165, 1.54) is 0 Å². The van der Waals surface area contributed by atoms with E-state index in [2.05, 4.69) is 17.1 Å². The molecule has 1 amide bonds. The van der Waals surface area contributed by atoms with Gasteiger partial charge < -0.3 is 4.98 Å². The third-order valence-corrected chi connectivity index (χ3v) is 5.48. The lowest BCUT2D eigenvalue weighted by molar-refractivity contribution is -0.115. The number of thioether (sulfide) groups is 1. The fourth-order valence-electron chi connectivity index (χ4n) is 2.87. The van der Waals surface area contributed by atoms with Gasteiger partial charge in [0, 0.05) is 16.8 Å². The molecule has 3 nitrogen and oxygen atoms in total. The smallest absolute Gasteiger partial charge is 0.238 e. The molecule has 3 aromatic rings. The van der Waals surface area contributed by atoms with Crippen LogP contribution in [0.1, 0.15) is 10.9 Å². The number of nitrogens with zero attached hydrogens (tertiary/aromatic N) is 1. The minimum atomic E-state index is -0.0849. The van der Waals surface area contributed by atoms with Gasteiger partial charge in [-0.15, -0.1) is 11.8 Å². The van der Waals surface area contributed by atoms with Crippen molar-refractivity contribution in [3.05, 3.63) is 70.9 Å². The van der Waals surface area contributed by atoms with Gasteiger partial charge >= 0.3 is 0 Å². The Hall–Kier alpha value is -2.11. The summed E-state index contributed by atoms with van der Waals surface area (Å²) in [6.45, 7) is 0. The van der Waals surface area contributed by atoms with E-state index in [0.717, 1.165) is 22.2 Å². The van der Waals surface area contributed by atoms with Crippen molar-refractivity contribution in [2.45, 2.75) is 5.37 Å². The molecular weight excluding hydrogens is 324 g/mol. The zero-order valence-corrected chi connectivity index (χ0v) is 13.9. The molecule has 114 valence electrons. The normalized spacial score (nSPS) is 17.8. The summed E-state index contributed by atoms with van der Waals surface area (Å²) >= 11 is 7.17. The van der Waals surface area contributed by atoms with Crippen LogP contribution in [0.4, 0.5) is 5.69 Å². The average Bonchev–Trinajstić information content (AvgIpc) is 2.96. The van der Waals surface area contributed by atoms with Crippen molar-refractivity contribution in [1.82, 2.24) is 4.98 Å². The second-order valence-corrected chi connectivity index (χ2v) is 6.88. The van der Waals surface area contributed by atoms with Crippen LogP contribution in [0.25, 0.3) is 10.9 Å². The van der Waals surface area contributed by atoms with Crippen molar-refractivity contribution >= 4 is 46.5 Å². The number of aromatic nitrogens is 1. The van der Waals surface area contributed by atoms with E-state index in [0.29, 0.717) is 10.4 Å². The third kappa shape index (κ3) is 2.56. The van der Waals surface area contributed by atoms with Gasteiger partial charge in [0.2, 0.25) is 5.91 Å². The van der Waals surface area contributed by atoms with E-state index in [-0.39, 0.29) is 11.3 Å². The van der Waals surface area contributed by atoms with Crippen LogP contribution in [-0.2, 0) is 4.79 Å². The molecule has 23 heavy (non-hydrogen) atoms. The number of para-hydroxylation sites is 2. The highest BCUT2D eigenvalue weighted by Gasteiger charge is 2.34. The Morgan fingerprint density at radius 2 is 1.83 bits per heavy atom. The quantitative estimate of drug-likeness (QED) is 0.690. The number of H-pyrrole nitrogens is 1. The summed E-state index contributed by atoms with van der Waals surface area (Å²) in [7, 11) is 0. The van der Waals surface area contributed by atoms with E-state index in [9.17, 15) is 4.79 Å². The van der Waals surface area contributed by atoms with Crippen molar-refractivity contribution in [1.29, 1.82) is 0 Å². The van der Waals surface area contributed by atoms with Crippen molar-refractivity contribution in [3.8, 4) is 0 Å². The number of fused-ring (bicyclic) bond motifs is 1. The summed E-state index contributed by atoms with van der Waals surface area (Å²) in [5.74, 6) is 0.593. The van der Waals surface area contributed by atoms with E-state index in [1.54, 1.807) is 11.8 Å². The molecule has 1 saturated heterocycles. The molecule has 1 aliphatic heterocycles. The van der Waals surface area contributed by atoms with Gasteiger partial charge in [-0.05, 0) is 29.7 Å². The Balaban J connectivity index is 1.84. The Labute approximate surface area is 143 Å². The van der Waals surface area contributed by atoms with Crippen molar-refractivity contribution in [2.24, 2.45) is 0 Å². The molecule has 0 bridgehead atoms. The number of nitrogens with one attached hydrogen (secondary N) is 1. The number of pyridine rings is 1. The first kappa shape index (κ1) is 14.5. The Morgan fingerprint density at radius 3 is 2.65 bits per heavy atom. The number of aromatic amines is 1. The summed E-state index contributed by atoms with van der Waals surface area (Å²) in [5.41, 5.74) is 2.91. The Morgan fingerprint density at radius 1 is 1.09 bits per heavy atom. The maximum Gasteiger partial charge on any atom is 0.238 e. The highest BCUT2D eigenvalue weighted by molar-refractivity contribution is 8.00. The molecule has 1 fully saturated rings. The van der Waals surface area contributed by atoms with E-state index in [1.807, 2.05) is 53.4 Å². The number of carbonyl (C=O) groups is 1. The van der Waals surface area contributed by atoms with Gasteiger partial charge in [0.15, 0.2) is 0 Å². The summed E-state index contributed by atoms with van der Waals surface area (Å²) in [4.78, 5) is 17.5. The molecule has 1 unspecified atom stereocenters. The van der Waals surface area contributed by atoms with E-state index >= 15 is 0 Å². The highest BCUT2D eigenvalue weighted by Crippen LogP contribution is 2.42. The molecular formula is C18H14N2OS2. The van der Waals surface area contributed by atoms with Crippen molar-refractivity contribution in [3.63, 3.8) is 0 Å². The fraction of sp³-hybridized carbons (Fsp3) is 0.111. The molecule has 0 saturated carbocycles. The maximum atomic E-state index is 12.4. The molecule has 5 heteroatoms. The largest absolute Gasteiger partial charge is 0.346 e. The van der Waals surface area contributed by atoms with Crippen LogP contribution < -0.4 is 4.90 Å². The zero-order chi connectivity index (χ0) is 15.8. The molecule has 0 radical (unpaired) electrons.